The van der Waals surface area contributed by atoms with Gasteiger partial charge in [0.2, 0.25) is 5.91 Å². The topological polar surface area (TPSA) is 161 Å². The van der Waals surface area contributed by atoms with Crippen molar-refractivity contribution in [2.45, 2.75) is 12.2 Å². The number of nitrogens with two attached hydrogens (primary N) is 1. The van der Waals surface area contributed by atoms with Crippen LogP contribution in [0.25, 0.3) is 10.8 Å². The average Bonchev–Trinajstić information content (AvgIpc) is 3.29. The summed E-state index contributed by atoms with van der Waals surface area (Å²) in [6.07, 6.45) is -1.49. The molecule has 0 spiro atoms. The van der Waals surface area contributed by atoms with Crippen molar-refractivity contribution in [3.63, 3.8) is 0 Å². The number of amides is 4. The number of morpholine rings is 1. The molecule has 2 atom stereocenters. The summed E-state index contributed by atoms with van der Waals surface area (Å²) in [4.78, 5) is 58.4. The number of rotatable bonds is 5. The van der Waals surface area contributed by atoms with Gasteiger partial charge in [0.05, 0.1) is 6.61 Å². The first-order valence-corrected chi connectivity index (χ1v) is 12.1. The van der Waals surface area contributed by atoms with Crippen molar-refractivity contribution in [1.82, 2.24) is 14.8 Å². The van der Waals surface area contributed by atoms with Crippen LogP contribution in [0.5, 0.6) is 0 Å². The molecule has 0 radical (unpaired) electrons. The van der Waals surface area contributed by atoms with Crippen LogP contribution in [0.3, 0.4) is 0 Å². The number of aromatic amines is 1. The molecule has 5 rings (SSSR count). The molecular weight excluding hydrogens is 492 g/mol. The minimum Gasteiger partial charge on any atom is -0.385 e. The van der Waals surface area contributed by atoms with E-state index < -0.39 is 24.0 Å². The third kappa shape index (κ3) is 4.78. The van der Waals surface area contributed by atoms with Crippen LogP contribution >= 0.6 is 0 Å². The molecular formula is C26H28N6O6. The number of nitrogen functional groups attached to an aromatic ring is 1. The molecule has 3 aromatic rings. The lowest BCUT2D eigenvalue weighted by atomic mass is 10.1. The van der Waals surface area contributed by atoms with Crippen LogP contribution in [0.1, 0.15) is 10.4 Å². The van der Waals surface area contributed by atoms with E-state index in [0.717, 1.165) is 10.8 Å². The Bertz CT molecular complexity index is 1420. The number of likely N-dealkylation sites (N-methyl/N-ethyl adjacent to an activating group) is 1. The van der Waals surface area contributed by atoms with E-state index in [-0.39, 0.29) is 31.5 Å². The fourth-order valence-electron chi connectivity index (χ4n) is 4.60. The van der Waals surface area contributed by atoms with Crippen molar-refractivity contribution in [2.75, 3.05) is 55.8 Å². The van der Waals surface area contributed by atoms with Crippen LogP contribution in [0, 0.1) is 0 Å². The summed E-state index contributed by atoms with van der Waals surface area (Å²) in [5.41, 5.74) is 7.03. The largest absolute Gasteiger partial charge is 0.385 e. The number of fused-ring (bicyclic) bond motifs is 1. The molecule has 0 unspecified atom stereocenters. The maximum atomic E-state index is 13.3. The molecule has 4 amide bonds. The lowest BCUT2D eigenvalue weighted by Gasteiger charge is -2.34. The highest BCUT2D eigenvalue weighted by molar-refractivity contribution is 6.05. The lowest BCUT2D eigenvalue weighted by molar-refractivity contribution is -0.150. The predicted molar refractivity (Wildman–Crippen MR) is 139 cm³/mol. The molecule has 5 N–H and O–H groups in total. The van der Waals surface area contributed by atoms with E-state index in [9.17, 15) is 24.3 Å². The van der Waals surface area contributed by atoms with E-state index in [2.05, 4.69) is 10.3 Å². The van der Waals surface area contributed by atoms with Crippen LogP contribution < -0.4 is 16.0 Å². The van der Waals surface area contributed by atoms with Crippen LogP contribution in [0.2, 0.25) is 0 Å². The number of aliphatic hydroxyl groups is 1. The Morgan fingerprint density at radius 2 is 1.97 bits per heavy atom. The van der Waals surface area contributed by atoms with Crippen LogP contribution in [0.4, 0.5) is 17.2 Å². The van der Waals surface area contributed by atoms with Crippen LogP contribution in [-0.4, -0.2) is 95.6 Å². The van der Waals surface area contributed by atoms with Crippen LogP contribution in [-0.2, 0) is 19.1 Å². The number of ether oxygens (including phenoxy) is 1. The zero-order valence-electron chi connectivity index (χ0n) is 20.7. The standard InChI is InChI=1S/C26H28N6O6/c1-30-7-8-31(14-20(30)33)25(36)15-3-2-4-18(12-15)32-9-10-38-22(26(32)37)21(34)24(35)29-17-5-6-19-16(11-17)13-28-23(19)27/h2-6,11-13,21-22,28,34H,7-10,14,27H2,1H3,(H,29,35)/t21-,22-/m1/s1. The van der Waals surface area contributed by atoms with Gasteiger partial charge in [-0.3, -0.25) is 19.2 Å². The molecule has 0 aliphatic carbocycles. The molecule has 2 aliphatic heterocycles. The fourth-order valence-corrected chi connectivity index (χ4v) is 4.60. The van der Waals surface area contributed by atoms with E-state index in [1.54, 1.807) is 60.6 Å². The minimum absolute atomic E-state index is 0.0101. The molecule has 2 saturated heterocycles. The van der Waals surface area contributed by atoms with E-state index in [0.29, 0.717) is 35.8 Å². The Kier molecular flexibility index (Phi) is 6.74. The van der Waals surface area contributed by atoms with Gasteiger partial charge in [-0.25, -0.2) is 0 Å². The van der Waals surface area contributed by atoms with E-state index >= 15 is 0 Å². The number of benzene rings is 2. The van der Waals surface area contributed by atoms with Gasteiger partial charge in [-0.15, -0.1) is 0 Å². The number of H-pyrrole nitrogens is 1. The molecule has 2 fully saturated rings. The number of nitrogens with one attached hydrogen (secondary N) is 2. The minimum atomic E-state index is -1.77. The number of carbonyl (C=O) groups excluding carboxylic acids is 4. The zero-order chi connectivity index (χ0) is 27.0. The normalized spacial score (nSPS) is 19.1. The second-order valence-corrected chi connectivity index (χ2v) is 9.31. The monoisotopic (exact) mass is 520 g/mol. The Morgan fingerprint density at radius 3 is 2.76 bits per heavy atom. The highest BCUT2D eigenvalue weighted by Gasteiger charge is 2.39. The predicted octanol–water partition coefficient (Wildman–Crippen LogP) is 0.396. The lowest BCUT2D eigenvalue weighted by Crippen LogP contribution is -2.55. The third-order valence-electron chi connectivity index (χ3n) is 6.82. The number of hydrogen-bond donors (Lipinski definition) is 4. The number of aromatic nitrogens is 1. The molecule has 0 bridgehead atoms. The van der Waals surface area contributed by atoms with Crippen molar-refractivity contribution < 1.29 is 29.0 Å². The molecule has 12 heteroatoms. The first-order valence-electron chi connectivity index (χ1n) is 12.1. The molecule has 198 valence electrons. The van der Waals surface area contributed by atoms with Crippen molar-refractivity contribution in [3.8, 4) is 0 Å². The molecule has 3 heterocycles. The molecule has 2 aliphatic rings. The smallest absolute Gasteiger partial charge is 0.259 e. The Morgan fingerprint density at radius 1 is 1.16 bits per heavy atom. The van der Waals surface area contributed by atoms with Gasteiger partial charge in [0.25, 0.3) is 17.7 Å². The van der Waals surface area contributed by atoms with Crippen LogP contribution in [0.15, 0.2) is 48.7 Å². The Hall–Kier alpha value is -4.42. The molecule has 1 aromatic heterocycles. The highest BCUT2D eigenvalue weighted by Crippen LogP contribution is 2.25. The quantitative estimate of drug-likeness (QED) is 0.378. The summed E-state index contributed by atoms with van der Waals surface area (Å²) in [5.74, 6) is -1.35. The van der Waals surface area contributed by atoms with Crippen molar-refractivity contribution in [3.05, 3.63) is 54.2 Å². The summed E-state index contributed by atoms with van der Waals surface area (Å²) >= 11 is 0. The summed E-state index contributed by atoms with van der Waals surface area (Å²) in [7, 11) is 1.69. The fraction of sp³-hybridized carbons (Fsp3) is 0.308. The highest BCUT2D eigenvalue weighted by atomic mass is 16.5. The Balaban J connectivity index is 1.28. The number of hydrogen-bond acceptors (Lipinski definition) is 7. The van der Waals surface area contributed by atoms with Crippen molar-refractivity contribution >= 4 is 51.6 Å². The summed E-state index contributed by atoms with van der Waals surface area (Å²) in [6, 6.07) is 11.6. The van der Waals surface area contributed by atoms with Gasteiger partial charge in [-0.2, -0.15) is 0 Å². The number of carbonyl (C=O) groups is 4. The second-order valence-electron chi connectivity index (χ2n) is 9.31. The van der Waals surface area contributed by atoms with Gasteiger partial charge >= 0.3 is 0 Å². The van der Waals surface area contributed by atoms with Crippen molar-refractivity contribution in [1.29, 1.82) is 0 Å². The van der Waals surface area contributed by atoms with E-state index in [4.69, 9.17) is 10.5 Å². The first kappa shape index (κ1) is 25.2. The Labute approximate surface area is 217 Å². The molecule has 12 nitrogen and oxygen atoms in total. The number of aliphatic hydroxyl groups excluding tert-OH is 1. The van der Waals surface area contributed by atoms with Gasteiger partial charge in [0.15, 0.2) is 12.2 Å². The molecule has 0 saturated carbocycles. The average molecular weight is 521 g/mol. The maximum absolute atomic E-state index is 13.3. The SMILES string of the molecule is CN1CCN(C(=O)c2cccc(N3CCO[C@H]([C@@H](O)C(=O)Nc4ccc5c(N)[nH]cc5c4)C3=O)c2)CC1=O. The maximum Gasteiger partial charge on any atom is 0.259 e. The molecule has 38 heavy (non-hydrogen) atoms. The van der Waals surface area contributed by atoms with Gasteiger partial charge in [0.1, 0.15) is 12.4 Å². The summed E-state index contributed by atoms with van der Waals surface area (Å²) in [6.45, 7) is 1.11. The van der Waals surface area contributed by atoms with Crippen molar-refractivity contribution in [2.24, 2.45) is 0 Å². The number of anilines is 3. The van der Waals surface area contributed by atoms with Gasteiger partial charge in [-0.05, 0) is 36.4 Å². The molecule has 2 aromatic carbocycles. The van der Waals surface area contributed by atoms with Gasteiger partial charge < -0.3 is 40.6 Å². The summed E-state index contributed by atoms with van der Waals surface area (Å²) < 4.78 is 5.49. The first-order chi connectivity index (χ1) is 18.2. The third-order valence-corrected chi connectivity index (χ3v) is 6.82. The zero-order valence-corrected chi connectivity index (χ0v) is 20.7. The van der Waals surface area contributed by atoms with Gasteiger partial charge in [-0.1, -0.05) is 6.07 Å². The van der Waals surface area contributed by atoms with E-state index in [1.165, 1.54) is 9.80 Å². The second kappa shape index (κ2) is 10.1. The summed E-state index contributed by atoms with van der Waals surface area (Å²) in [5, 5.41) is 14.9. The number of nitrogens with zero attached hydrogens (tertiary/aromatic N) is 3. The van der Waals surface area contributed by atoms with E-state index in [1.807, 2.05) is 0 Å². The number of piperazine rings is 1. The van der Waals surface area contributed by atoms with Gasteiger partial charge in [0, 0.05) is 60.6 Å².